The maximum absolute atomic E-state index is 11.3. The molecule has 0 unspecified atom stereocenters. The molecule has 0 radical (unpaired) electrons. The van der Waals surface area contributed by atoms with Crippen molar-refractivity contribution < 1.29 is 8.42 Å². The lowest BCUT2D eigenvalue weighted by atomic mass is 9.99. The molecule has 140 valence electrons. The van der Waals surface area contributed by atoms with Gasteiger partial charge in [-0.15, -0.1) is 0 Å². The first kappa shape index (κ1) is 18.6. The van der Waals surface area contributed by atoms with E-state index in [4.69, 9.17) is 5.14 Å². The minimum Gasteiger partial charge on any atom is -0.370 e. The Hall–Kier alpha value is -2.19. The molecular weight excluding hydrogens is 350 g/mol. The number of sulfonamides is 1. The smallest absolute Gasteiger partial charge is 0.238 e. The molecule has 1 aliphatic rings. The second-order valence-electron chi connectivity index (χ2n) is 6.80. The molecular formula is C18H25N5O2S. The molecule has 1 fully saturated rings. The van der Waals surface area contributed by atoms with Crippen molar-refractivity contribution in [1.82, 2.24) is 9.97 Å². The predicted octanol–water partition coefficient (Wildman–Crippen LogP) is 2.01. The van der Waals surface area contributed by atoms with Crippen molar-refractivity contribution in [2.75, 3.05) is 29.9 Å². The number of nitrogens with two attached hydrogens (primary N) is 1. The SMILES string of the molecule is CC1CCN(c2cc(NCCc3ccc(S(N)(=O)=O)cc3)ncn2)CC1. The van der Waals surface area contributed by atoms with Crippen LogP contribution >= 0.6 is 0 Å². The Morgan fingerprint density at radius 2 is 1.88 bits per heavy atom. The van der Waals surface area contributed by atoms with Gasteiger partial charge in [0.25, 0.3) is 0 Å². The molecule has 0 atom stereocenters. The summed E-state index contributed by atoms with van der Waals surface area (Å²) in [6.07, 6.45) is 4.74. The number of nitrogens with zero attached hydrogens (tertiary/aromatic N) is 3. The molecule has 3 rings (SSSR count). The van der Waals surface area contributed by atoms with Crippen LogP contribution in [0.25, 0.3) is 0 Å². The summed E-state index contributed by atoms with van der Waals surface area (Å²) in [5, 5.41) is 8.41. The first-order valence-electron chi connectivity index (χ1n) is 8.84. The summed E-state index contributed by atoms with van der Waals surface area (Å²) in [6, 6.07) is 8.61. The van der Waals surface area contributed by atoms with E-state index in [0.717, 1.165) is 42.6 Å². The summed E-state index contributed by atoms with van der Waals surface area (Å²) < 4.78 is 22.5. The van der Waals surface area contributed by atoms with E-state index >= 15 is 0 Å². The number of aromatic nitrogens is 2. The highest BCUT2D eigenvalue weighted by Gasteiger charge is 2.17. The third-order valence-electron chi connectivity index (χ3n) is 4.73. The Labute approximate surface area is 154 Å². The van der Waals surface area contributed by atoms with Crippen molar-refractivity contribution in [2.24, 2.45) is 11.1 Å². The van der Waals surface area contributed by atoms with Crippen LogP contribution in [-0.4, -0.2) is 38.0 Å². The van der Waals surface area contributed by atoms with E-state index in [0.29, 0.717) is 6.54 Å². The van der Waals surface area contributed by atoms with E-state index in [9.17, 15) is 8.42 Å². The number of rotatable bonds is 6. The Morgan fingerprint density at radius 1 is 1.19 bits per heavy atom. The normalized spacial score (nSPS) is 15.8. The largest absolute Gasteiger partial charge is 0.370 e. The number of primary sulfonamides is 1. The molecule has 8 heteroatoms. The molecule has 0 aliphatic carbocycles. The molecule has 2 heterocycles. The Bertz CT molecular complexity index is 831. The van der Waals surface area contributed by atoms with Gasteiger partial charge < -0.3 is 10.2 Å². The second-order valence-corrected chi connectivity index (χ2v) is 8.36. The van der Waals surface area contributed by atoms with E-state index in [1.165, 1.54) is 25.0 Å². The first-order valence-corrected chi connectivity index (χ1v) is 10.4. The minimum absolute atomic E-state index is 0.130. The van der Waals surface area contributed by atoms with Gasteiger partial charge in [0.05, 0.1) is 4.90 Å². The number of benzene rings is 1. The second kappa shape index (κ2) is 8.01. The average Bonchev–Trinajstić information content (AvgIpc) is 2.62. The average molecular weight is 375 g/mol. The van der Waals surface area contributed by atoms with Crippen molar-refractivity contribution in [2.45, 2.75) is 31.1 Å². The van der Waals surface area contributed by atoms with Crippen molar-refractivity contribution in [3.8, 4) is 0 Å². The molecule has 1 aromatic carbocycles. The lowest BCUT2D eigenvalue weighted by Crippen LogP contribution is -2.33. The number of piperidine rings is 1. The Balaban J connectivity index is 1.54. The van der Waals surface area contributed by atoms with Crippen LogP contribution in [-0.2, 0) is 16.4 Å². The van der Waals surface area contributed by atoms with Crippen LogP contribution in [0.4, 0.5) is 11.6 Å². The van der Waals surface area contributed by atoms with Gasteiger partial charge in [0, 0.05) is 25.7 Å². The molecule has 0 spiro atoms. The first-order chi connectivity index (χ1) is 12.4. The highest BCUT2D eigenvalue weighted by Crippen LogP contribution is 2.22. The van der Waals surface area contributed by atoms with Gasteiger partial charge in [-0.2, -0.15) is 0 Å². The zero-order chi connectivity index (χ0) is 18.6. The van der Waals surface area contributed by atoms with Crippen LogP contribution < -0.4 is 15.4 Å². The molecule has 1 aromatic heterocycles. The van der Waals surface area contributed by atoms with Crippen LogP contribution in [0.2, 0.25) is 0 Å². The summed E-state index contributed by atoms with van der Waals surface area (Å²) in [7, 11) is -3.64. The molecule has 7 nitrogen and oxygen atoms in total. The predicted molar refractivity (Wildman–Crippen MR) is 103 cm³/mol. The quantitative estimate of drug-likeness (QED) is 0.801. The van der Waals surface area contributed by atoms with Gasteiger partial charge >= 0.3 is 0 Å². The van der Waals surface area contributed by atoms with Gasteiger partial charge in [-0.05, 0) is 42.9 Å². The highest BCUT2D eigenvalue weighted by atomic mass is 32.2. The minimum atomic E-state index is -3.64. The van der Waals surface area contributed by atoms with Crippen LogP contribution in [0.15, 0.2) is 41.6 Å². The van der Waals surface area contributed by atoms with E-state index in [1.54, 1.807) is 18.5 Å². The molecule has 0 amide bonds. The van der Waals surface area contributed by atoms with Crippen molar-refractivity contribution in [3.63, 3.8) is 0 Å². The number of hydrogen-bond donors (Lipinski definition) is 2. The fourth-order valence-corrected chi connectivity index (χ4v) is 3.55. The van der Waals surface area contributed by atoms with Crippen molar-refractivity contribution >= 4 is 21.7 Å². The molecule has 26 heavy (non-hydrogen) atoms. The van der Waals surface area contributed by atoms with Crippen LogP contribution in [0.5, 0.6) is 0 Å². The maximum Gasteiger partial charge on any atom is 0.238 e. The van der Waals surface area contributed by atoms with E-state index in [-0.39, 0.29) is 4.90 Å². The van der Waals surface area contributed by atoms with Gasteiger partial charge in [-0.1, -0.05) is 19.1 Å². The van der Waals surface area contributed by atoms with Gasteiger partial charge in [0.15, 0.2) is 0 Å². The van der Waals surface area contributed by atoms with Crippen molar-refractivity contribution in [3.05, 3.63) is 42.2 Å². The summed E-state index contributed by atoms with van der Waals surface area (Å²) in [6.45, 7) is 5.06. The Kier molecular flexibility index (Phi) is 5.73. The van der Waals surface area contributed by atoms with Crippen molar-refractivity contribution in [1.29, 1.82) is 0 Å². The maximum atomic E-state index is 11.3. The zero-order valence-electron chi connectivity index (χ0n) is 14.9. The highest BCUT2D eigenvalue weighted by molar-refractivity contribution is 7.89. The standard InChI is InChI=1S/C18H25N5O2S/c1-14-7-10-23(11-8-14)18-12-17(21-13-22-18)20-9-6-15-2-4-16(5-3-15)26(19,24)25/h2-5,12-14H,6-11H2,1H3,(H2,19,24,25)(H,20,21,22). The topological polar surface area (TPSA) is 101 Å². The summed E-state index contributed by atoms with van der Waals surface area (Å²) in [5.41, 5.74) is 1.03. The molecule has 2 aromatic rings. The third kappa shape index (κ3) is 4.92. The monoisotopic (exact) mass is 375 g/mol. The van der Waals surface area contributed by atoms with E-state index in [2.05, 4.69) is 27.1 Å². The fourth-order valence-electron chi connectivity index (χ4n) is 3.04. The Morgan fingerprint density at radius 3 is 2.54 bits per heavy atom. The van der Waals surface area contributed by atoms with Crippen LogP contribution in [0.3, 0.4) is 0 Å². The fraction of sp³-hybridized carbons (Fsp3) is 0.444. The molecule has 1 saturated heterocycles. The zero-order valence-corrected chi connectivity index (χ0v) is 15.7. The van der Waals surface area contributed by atoms with Crippen LogP contribution in [0, 0.1) is 5.92 Å². The molecule has 0 saturated carbocycles. The van der Waals surface area contributed by atoms with Gasteiger partial charge in [0.2, 0.25) is 10.0 Å². The lowest BCUT2D eigenvalue weighted by Gasteiger charge is -2.31. The van der Waals surface area contributed by atoms with Gasteiger partial charge in [-0.25, -0.2) is 23.5 Å². The third-order valence-corrected chi connectivity index (χ3v) is 5.66. The molecule has 0 bridgehead atoms. The molecule has 1 aliphatic heterocycles. The number of nitrogens with one attached hydrogen (secondary N) is 1. The molecule has 3 N–H and O–H groups in total. The number of anilines is 2. The summed E-state index contributed by atoms with van der Waals surface area (Å²) in [5.74, 6) is 2.55. The van der Waals surface area contributed by atoms with Gasteiger partial charge in [0.1, 0.15) is 18.0 Å². The van der Waals surface area contributed by atoms with E-state index in [1.807, 2.05) is 6.07 Å². The van der Waals surface area contributed by atoms with Gasteiger partial charge in [-0.3, -0.25) is 0 Å². The summed E-state index contributed by atoms with van der Waals surface area (Å²) in [4.78, 5) is 11.1. The number of hydrogen-bond acceptors (Lipinski definition) is 6. The summed E-state index contributed by atoms with van der Waals surface area (Å²) >= 11 is 0. The van der Waals surface area contributed by atoms with E-state index < -0.39 is 10.0 Å². The lowest BCUT2D eigenvalue weighted by molar-refractivity contribution is 0.436. The van der Waals surface area contributed by atoms with Crippen LogP contribution in [0.1, 0.15) is 25.3 Å².